The molecule has 0 aromatic rings. The number of carbonyl (C=O) groups is 1. The third kappa shape index (κ3) is 8.95. The molecule has 1 saturated heterocycles. The average Bonchev–Trinajstić information content (AvgIpc) is 2.96. The summed E-state index contributed by atoms with van der Waals surface area (Å²) in [5.41, 5.74) is -0.164. The maximum atomic E-state index is 11.7. The normalized spacial score (nSPS) is 21.9. The molecule has 1 rings (SSSR count). The van der Waals surface area contributed by atoms with Crippen LogP contribution in [0.25, 0.3) is 0 Å². The van der Waals surface area contributed by atoms with E-state index < -0.39 is 0 Å². The molecule has 0 saturated carbocycles. The Labute approximate surface area is 152 Å². The zero-order valence-corrected chi connectivity index (χ0v) is 16.5. The van der Waals surface area contributed by atoms with Crippen molar-refractivity contribution in [3.8, 4) is 0 Å². The van der Waals surface area contributed by atoms with Crippen LogP contribution in [-0.2, 0) is 9.47 Å². The van der Waals surface area contributed by atoms with Crippen LogP contribution in [-0.4, -0.2) is 56.5 Å². The lowest BCUT2D eigenvalue weighted by molar-refractivity contribution is 0.0283. The lowest BCUT2D eigenvalue weighted by atomic mass is 10.0. The first-order valence-corrected chi connectivity index (χ1v) is 9.48. The standard InChI is InChI=1S/C18H36N4O3/c1-6-19-16(21-13-18(5)9-8-10-25-18)20-12-15(11-14(3)4)22-17(23)24-7-2/h14-15H,6-13H2,1-5H3,(H,22,23)(H2,19,20,21). The average molecular weight is 357 g/mol. The van der Waals surface area contributed by atoms with Gasteiger partial charge in [-0.2, -0.15) is 0 Å². The van der Waals surface area contributed by atoms with Crippen LogP contribution < -0.4 is 16.0 Å². The number of nitrogens with one attached hydrogen (secondary N) is 3. The largest absolute Gasteiger partial charge is 0.450 e. The van der Waals surface area contributed by atoms with E-state index in [4.69, 9.17) is 9.47 Å². The molecule has 1 heterocycles. The highest BCUT2D eigenvalue weighted by Gasteiger charge is 2.29. The molecule has 1 aliphatic heterocycles. The first kappa shape index (κ1) is 21.5. The van der Waals surface area contributed by atoms with Gasteiger partial charge in [-0.1, -0.05) is 13.8 Å². The van der Waals surface area contributed by atoms with Crippen molar-refractivity contribution in [3.63, 3.8) is 0 Å². The summed E-state index contributed by atoms with van der Waals surface area (Å²) in [5, 5.41) is 9.50. The van der Waals surface area contributed by atoms with Crippen molar-refractivity contribution in [3.05, 3.63) is 0 Å². The Hall–Kier alpha value is -1.50. The van der Waals surface area contributed by atoms with Crippen LogP contribution >= 0.6 is 0 Å². The van der Waals surface area contributed by atoms with Gasteiger partial charge in [-0.25, -0.2) is 4.79 Å². The van der Waals surface area contributed by atoms with Gasteiger partial charge in [0.2, 0.25) is 0 Å². The van der Waals surface area contributed by atoms with Crippen LogP contribution in [0.5, 0.6) is 0 Å². The van der Waals surface area contributed by atoms with Crippen molar-refractivity contribution in [2.45, 2.75) is 65.5 Å². The highest BCUT2D eigenvalue weighted by atomic mass is 16.5. The van der Waals surface area contributed by atoms with Crippen LogP contribution in [0, 0.1) is 5.92 Å². The number of hydrogen-bond donors (Lipinski definition) is 3. The van der Waals surface area contributed by atoms with Gasteiger partial charge in [0.15, 0.2) is 5.96 Å². The predicted octanol–water partition coefficient (Wildman–Crippen LogP) is 2.27. The first-order chi connectivity index (χ1) is 11.9. The van der Waals surface area contributed by atoms with Crippen molar-refractivity contribution in [2.24, 2.45) is 10.9 Å². The fourth-order valence-corrected chi connectivity index (χ4v) is 2.87. The highest BCUT2D eigenvalue weighted by Crippen LogP contribution is 2.24. The van der Waals surface area contributed by atoms with Gasteiger partial charge >= 0.3 is 6.09 Å². The number of ether oxygens (including phenoxy) is 2. The maximum Gasteiger partial charge on any atom is 0.407 e. The van der Waals surface area contributed by atoms with Gasteiger partial charge in [-0.15, -0.1) is 0 Å². The zero-order valence-electron chi connectivity index (χ0n) is 16.5. The molecule has 7 nitrogen and oxygen atoms in total. The minimum atomic E-state index is -0.372. The van der Waals surface area contributed by atoms with Gasteiger partial charge in [0.1, 0.15) is 0 Å². The van der Waals surface area contributed by atoms with Crippen LogP contribution in [0.3, 0.4) is 0 Å². The molecule has 0 aliphatic carbocycles. The quantitative estimate of drug-likeness (QED) is 0.436. The van der Waals surface area contributed by atoms with Crippen molar-refractivity contribution < 1.29 is 14.3 Å². The van der Waals surface area contributed by atoms with E-state index in [9.17, 15) is 4.79 Å². The molecule has 1 amide bonds. The summed E-state index contributed by atoms with van der Waals surface area (Å²) >= 11 is 0. The van der Waals surface area contributed by atoms with Gasteiger partial charge < -0.3 is 25.4 Å². The molecule has 1 fully saturated rings. The Morgan fingerprint density at radius 3 is 2.64 bits per heavy atom. The van der Waals surface area contributed by atoms with Crippen molar-refractivity contribution in [1.29, 1.82) is 0 Å². The van der Waals surface area contributed by atoms with Crippen LogP contribution in [0.4, 0.5) is 4.79 Å². The number of amides is 1. The summed E-state index contributed by atoms with van der Waals surface area (Å²) < 4.78 is 10.8. The summed E-state index contributed by atoms with van der Waals surface area (Å²) in [4.78, 5) is 16.4. The van der Waals surface area contributed by atoms with E-state index >= 15 is 0 Å². The molecule has 0 spiro atoms. The molecule has 0 radical (unpaired) electrons. The van der Waals surface area contributed by atoms with E-state index in [0.29, 0.717) is 25.6 Å². The Kier molecular flexibility index (Phi) is 9.63. The second-order valence-electron chi connectivity index (χ2n) is 7.17. The molecular formula is C18H36N4O3. The molecule has 2 atom stereocenters. The number of alkyl carbamates (subject to hydrolysis) is 1. The van der Waals surface area contributed by atoms with E-state index in [1.54, 1.807) is 6.92 Å². The number of rotatable bonds is 9. The first-order valence-electron chi connectivity index (χ1n) is 9.48. The summed E-state index contributed by atoms with van der Waals surface area (Å²) in [6.45, 7) is 13.4. The SMILES string of the molecule is CCNC(=NCC1(C)CCCO1)NCC(CC(C)C)NC(=O)OCC. The molecule has 2 unspecified atom stereocenters. The smallest absolute Gasteiger partial charge is 0.407 e. The van der Waals surface area contributed by atoms with E-state index in [-0.39, 0.29) is 17.7 Å². The van der Waals surface area contributed by atoms with E-state index in [0.717, 1.165) is 38.4 Å². The Bertz CT molecular complexity index is 421. The Morgan fingerprint density at radius 1 is 1.32 bits per heavy atom. The second kappa shape index (κ2) is 11.2. The van der Waals surface area contributed by atoms with Crippen LogP contribution in [0.2, 0.25) is 0 Å². The molecule has 7 heteroatoms. The summed E-state index contributed by atoms with van der Waals surface area (Å²) in [6.07, 6.45) is 2.63. The van der Waals surface area contributed by atoms with E-state index in [1.807, 2.05) is 6.92 Å². The van der Waals surface area contributed by atoms with Gasteiger partial charge in [0.25, 0.3) is 0 Å². The highest BCUT2D eigenvalue weighted by molar-refractivity contribution is 5.80. The molecule has 25 heavy (non-hydrogen) atoms. The lowest BCUT2D eigenvalue weighted by Gasteiger charge is -2.24. The molecule has 0 bridgehead atoms. The van der Waals surface area contributed by atoms with Gasteiger partial charge in [0.05, 0.1) is 18.8 Å². The lowest BCUT2D eigenvalue weighted by Crippen LogP contribution is -2.48. The minimum Gasteiger partial charge on any atom is -0.450 e. The summed E-state index contributed by atoms with van der Waals surface area (Å²) in [7, 11) is 0. The van der Waals surface area contributed by atoms with Gasteiger partial charge in [-0.3, -0.25) is 4.99 Å². The fraction of sp³-hybridized carbons (Fsp3) is 0.889. The number of hydrogen-bond acceptors (Lipinski definition) is 4. The number of guanidine groups is 1. The molecule has 146 valence electrons. The van der Waals surface area contributed by atoms with E-state index in [2.05, 4.69) is 41.7 Å². The van der Waals surface area contributed by atoms with Gasteiger partial charge in [0, 0.05) is 25.7 Å². The third-order valence-electron chi connectivity index (χ3n) is 4.09. The van der Waals surface area contributed by atoms with E-state index in [1.165, 1.54) is 0 Å². The summed E-state index contributed by atoms with van der Waals surface area (Å²) in [6, 6.07) is -0.0128. The number of carbonyl (C=O) groups excluding carboxylic acids is 1. The van der Waals surface area contributed by atoms with Crippen molar-refractivity contribution in [1.82, 2.24) is 16.0 Å². The maximum absolute atomic E-state index is 11.7. The Morgan fingerprint density at radius 2 is 2.08 bits per heavy atom. The molecule has 1 aliphatic rings. The number of nitrogens with zero attached hydrogens (tertiary/aromatic N) is 1. The zero-order chi connectivity index (χ0) is 18.7. The molecular weight excluding hydrogens is 320 g/mol. The Balaban J connectivity index is 2.58. The number of aliphatic imine (C=N–C) groups is 1. The predicted molar refractivity (Wildman–Crippen MR) is 101 cm³/mol. The third-order valence-corrected chi connectivity index (χ3v) is 4.09. The molecule has 0 aromatic carbocycles. The van der Waals surface area contributed by atoms with Crippen LogP contribution in [0.15, 0.2) is 4.99 Å². The van der Waals surface area contributed by atoms with Gasteiger partial charge in [-0.05, 0) is 46.0 Å². The fourth-order valence-electron chi connectivity index (χ4n) is 2.87. The molecule has 0 aromatic heterocycles. The van der Waals surface area contributed by atoms with Crippen molar-refractivity contribution in [2.75, 3.05) is 32.8 Å². The second-order valence-corrected chi connectivity index (χ2v) is 7.17. The monoisotopic (exact) mass is 356 g/mol. The minimum absolute atomic E-state index is 0.0128. The van der Waals surface area contributed by atoms with Crippen LogP contribution in [0.1, 0.15) is 53.9 Å². The topological polar surface area (TPSA) is 84.0 Å². The molecule has 3 N–H and O–H groups in total. The summed E-state index contributed by atoms with van der Waals surface area (Å²) in [5.74, 6) is 1.22. The van der Waals surface area contributed by atoms with Crippen molar-refractivity contribution >= 4 is 12.1 Å².